The van der Waals surface area contributed by atoms with Crippen LogP contribution in [0.1, 0.15) is 23.6 Å². The van der Waals surface area contributed by atoms with E-state index in [4.69, 9.17) is 20.9 Å². The second-order valence-corrected chi connectivity index (χ2v) is 3.75. The molecule has 0 spiro atoms. The molecule has 0 aliphatic heterocycles. The zero-order valence-corrected chi connectivity index (χ0v) is 10.1. The van der Waals surface area contributed by atoms with Crippen molar-refractivity contribution in [3.05, 3.63) is 23.3 Å². The molecule has 1 atom stereocenters. The monoisotopic (exact) mass is 224 g/mol. The summed E-state index contributed by atoms with van der Waals surface area (Å²) < 4.78 is 10.5. The van der Waals surface area contributed by atoms with E-state index >= 15 is 0 Å². The van der Waals surface area contributed by atoms with Crippen LogP contribution in [0.25, 0.3) is 0 Å². The molecule has 16 heavy (non-hydrogen) atoms. The summed E-state index contributed by atoms with van der Waals surface area (Å²) in [4.78, 5) is 0. The molecular weight excluding hydrogens is 204 g/mol. The van der Waals surface area contributed by atoms with Crippen LogP contribution in [0.2, 0.25) is 0 Å². The molecule has 90 valence electrons. The van der Waals surface area contributed by atoms with Gasteiger partial charge in [0, 0.05) is 6.04 Å². The molecule has 0 radical (unpaired) electrons. The maximum atomic E-state index is 6.05. The molecule has 0 heterocycles. The van der Waals surface area contributed by atoms with E-state index in [9.17, 15) is 0 Å². The van der Waals surface area contributed by atoms with Crippen LogP contribution in [-0.2, 0) is 0 Å². The molecule has 0 aromatic heterocycles. The van der Waals surface area contributed by atoms with Crippen LogP contribution in [0.5, 0.6) is 11.5 Å². The minimum absolute atomic E-state index is 0.0511. The summed E-state index contributed by atoms with van der Waals surface area (Å²) in [6, 6.07) is 3.81. The Kier molecular flexibility index (Phi) is 4.58. The van der Waals surface area contributed by atoms with E-state index in [0.29, 0.717) is 12.3 Å². The van der Waals surface area contributed by atoms with Gasteiger partial charge in [-0.25, -0.2) is 0 Å². The number of ether oxygens (including phenoxy) is 2. The average Bonchev–Trinajstić information content (AvgIpc) is 2.28. The third-order valence-corrected chi connectivity index (χ3v) is 2.65. The van der Waals surface area contributed by atoms with Crippen LogP contribution < -0.4 is 20.9 Å². The van der Waals surface area contributed by atoms with Crippen LogP contribution in [0.15, 0.2) is 12.1 Å². The van der Waals surface area contributed by atoms with Crippen LogP contribution in [0.4, 0.5) is 0 Å². The zero-order valence-electron chi connectivity index (χ0n) is 10.1. The fourth-order valence-corrected chi connectivity index (χ4v) is 1.73. The first-order valence-electron chi connectivity index (χ1n) is 5.32. The number of benzene rings is 1. The lowest BCUT2D eigenvalue weighted by Crippen LogP contribution is -2.16. The van der Waals surface area contributed by atoms with Crippen molar-refractivity contribution in [2.45, 2.75) is 19.4 Å². The van der Waals surface area contributed by atoms with Gasteiger partial charge in [0.15, 0.2) is 11.5 Å². The normalized spacial score (nSPS) is 12.3. The first kappa shape index (κ1) is 12.8. The fourth-order valence-electron chi connectivity index (χ4n) is 1.73. The molecule has 4 N–H and O–H groups in total. The molecule has 0 fully saturated rings. The third kappa shape index (κ3) is 2.65. The van der Waals surface area contributed by atoms with Crippen LogP contribution in [-0.4, -0.2) is 20.8 Å². The SMILES string of the molecule is COc1cc(C)c(C(N)CCN)cc1OC. The third-order valence-electron chi connectivity index (χ3n) is 2.65. The first-order chi connectivity index (χ1) is 7.63. The van der Waals surface area contributed by atoms with Gasteiger partial charge in [0.1, 0.15) is 0 Å². The van der Waals surface area contributed by atoms with Crippen LogP contribution >= 0.6 is 0 Å². The molecule has 0 aliphatic carbocycles. The summed E-state index contributed by atoms with van der Waals surface area (Å²) in [5.41, 5.74) is 13.7. The van der Waals surface area contributed by atoms with Gasteiger partial charge < -0.3 is 20.9 Å². The molecule has 0 aliphatic rings. The van der Waals surface area contributed by atoms with Crippen molar-refractivity contribution in [2.24, 2.45) is 11.5 Å². The Morgan fingerprint density at radius 1 is 1.19 bits per heavy atom. The molecule has 1 aromatic carbocycles. The summed E-state index contributed by atoms with van der Waals surface area (Å²) in [5, 5.41) is 0. The van der Waals surface area contributed by atoms with Crippen molar-refractivity contribution >= 4 is 0 Å². The number of hydrogen-bond donors (Lipinski definition) is 2. The van der Waals surface area contributed by atoms with Crippen molar-refractivity contribution in [3.63, 3.8) is 0 Å². The van der Waals surface area contributed by atoms with Crippen molar-refractivity contribution in [3.8, 4) is 11.5 Å². The Bertz CT molecular complexity index is 353. The van der Waals surface area contributed by atoms with Gasteiger partial charge in [-0.3, -0.25) is 0 Å². The Hall–Kier alpha value is -1.26. The number of aryl methyl sites for hydroxylation is 1. The number of methoxy groups -OCH3 is 2. The summed E-state index contributed by atoms with van der Waals surface area (Å²) in [6.45, 7) is 2.59. The van der Waals surface area contributed by atoms with Gasteiger partial charge in [0.25, 0.3) is 0 Å². The van der Waals surface area contributed by atoms with E-state index in [2.05, 4.69) is 0 Å². The van der Waals surface area contributed by atoms with Gasteiger partial charge in [0.2, 0.25) is 0 Å². The van der Waals surface area contributed by atoms with E-state index in [1.54, 1.807) is 14.2 Å². The highest BCUT2D eigenvalue weighted by Gasteiger charge is 2.13. The predicted molar refractivity (Wildman–Crippen MR) is 64.9 cm³/mol. The summed E-state index contributed by atoms with van der Waals surface area (Å²) in [7, 11) is 3.24. The first-order valence-corrected chi connectivity index (χ1v) is 5.32. The van der Waals surface area contributed by atoms with E-state index in [-0.39, 0.29) is 6.04 Å². The average molecular weight is 224 g/mol. The fraction of sp³-hybridized carbons (Fsp3) is 0.500. The minimum atomic E-state index is -0.0511. The highest BCUT2D eigenvalue weighted by atomic mass is 16.5. The van der Waals surface area contributed by atoms with E-state index < -0.39 is 0 Å². The minimum Gasteiger partial charge on any atom is -0.493 e. The Morgan fingerprint density at radius 3 is 2.25 bits per heavy atom. The highest BCUT2D eigenvalue weighted by Crippen LogP contribution is 2.32. The molecule has 0 saturated heterocycles. The molecule has 1 aromatic rings. The second-order valence-electron chi connectivity index (χ2n) is 3.75. The van der Waals surface area contributed by atoms with Crippen molar-refractivity contribution in [2.75, 3.05) is 20.8 Å². The molecule has 4 nitrogen and oxygen atoms in total. The van der Waals surface area contributed by atoms with Gasteiger partial charge in [0.05, 0.1) is 14.2 Å². The number of nitrogens with two attached hydrogens (primary N) is 2. The Labute approximate surface area is 96.5 Å². The molecule has 0 bridgehead atoms. The van der Waals surface area contributed by atoms with Crippen molar-refractivity contribution < 1.29 is 9.47 Å². The summed E-state index contributed by atoms with van der Waals surface area (Å²) in [5.74, 6) is 1.43. The Balaban J connectivity index is 3.10. The van der Waals surface area contributed by atoms with Crippen molar-refractivity contribution in [1.82, 2.24) is 0 Å². The lowest BCUT2D eigenvalue weighted by atomic mass is 9.99. The van der Waals surface area contributed by atoms with E-state index in [1.165, 1.54) is 0 Å². The van der Waals surface area contributed by atoms with Crippen LogP contribution in [0.3, 0.4) is 0 Å². The standard InChI is InChI=1S/C12H20N2O2/c1-8-6-11(15-2)12(16-3)7-9(8)10(14)4-5-13/h6-7,10H,4-5,13-14H2,1-3H3. The van der Waals surface area contributed by atoms with Crippen molar-refractivity contribution in [1.29, 1.82) is 0 Å². The van der Waals surface area contributed by atoms with E-state index in [1.807, 2.05) is 19.1 Å². The van der Waals surface area contributed by atoms with Gasteiger partial charge in [-0.2, -0.15) is 0 Å². The summed E-state index contributed by atoms with van der Waals surface area (Å²) in [6.07, 6.45) is 0.760. The predicted octanol–water partition coefficient (Wildman–Crippen LogP) is 1.36. The molecule has 0 amide bonds. The molecule has 1 unspecified atom stereocenters. The summed E-state index contributed by atoms with van der Waals surface area (Å²) >= 11 is 0. The van der Waals surface area contributed by atoms with Crippen LogP contribution in [0, 0.1) is 6.92 Å². The second kappa shape index (κ2) is 5.72. The Morgan fingerprint density at radius 2 is 1.75 bits per heavy atom. The maximum Gasteiger partial charge on any atom is 0.161 e. The molecule has 4 heteroatoms. The molecular formula is C12H20N2O2. The highest BCUT2D eigenvalue weighted by molar-refractivity contribution is 5.48. The number of rotatable bonds is 5. The van der Waals surface area contributed by atoms with Gasteiger partial charge in [-0.05, 0) is 43.1 Å². The lowest BCUT2D eigenvalue weighted by molar-refractivity contribution is 0.354. The smallest absolute Gasteiger partial charge is 0.161 e. The van der Waals surface area contributed by atoms with E-state index in [0.717, 1.165) is 23.3 Å². The largest absolute Gasteiger partial charge is 0.493 e. The van der Waals surface area contributed by atoms with Gasteiger partial charge >= 0.3 is 0 Å². The van der Waals surface area contributed by atoms with Gasteiger partial charge in [-0.15, -0.1) is 0 Å². The topological polar surface area (TPSA) is 70.5 Å². The zero-order chi connectivity index (χ0) is 12.1. The molecule has 0 saturated carbocycles. The maximum absolute atomic E-state index is 6.05. The number of hydrogen-bond acceptors (Lipinski definition) is 4. The molecule has 1 rings (SSSR count). The lowest BCUT2D eigenvalue weighted by Gasteiger charge is -2.17. The quantitative estimate of drug-likeness (QED) is 0.792. The van der Waals surface area contributed by atoms with Gasteiger partial charge in [-0.1, -0.05) is 0 Å².